The Bertz CT molecular complexity index is 736. The second-order valence-electron chi connectivity index (χ2n) is 8.27. The van der Waals surface area contributed by atoms with E-state index in [-0.39, 0.29) is 28.4 Å². The molecular formula is C19H29N4O4+. The summed E-state index contributed by atoms with van der Waals surface area (Å²) >= 11 is 0. The van der Waals surface area contributed by atoms with Gasteiger partial charge in [0.25, 0.3) is 11.7 Å². The Balaban J connectivity index is 1.87. The molecule has 3 aliphatic heterocycles. The summed E-state index contributed by atoms with van der Waals surface area (Å²) in [5, 5.41) is 9.83. The average molecular weight is 377 g/mol. The first-order chi connectivity index (χ1) is 13.0. The van der Waals surface area contributed by atoms with Gasteiger partial charge in [0.05, 0.1) is 26.1 Å². The summed E-state index contributed by atoms with van der Waals surface area (Å²) in [5.74, 6) is 0.199. The summed E-state index contributed by atoms with van der Waals surface area (Å²) in [5.41, 5.74) is -0.510. The molecule has 3 amide bonds. The van der Waals surface area contributed by atoms with Crippen LogP contribution in [0, 0.1) is 5.41 Å². The number of hydrogen-bond acceptors (Lipinski definition) is 5. The third-order valence-electron chi connectivity index (χ3n) is 6.77. The van der Waals surface area contributed by atoms with Crippen molar-refractivity contribution in [2.24, 2.45) is 5.41 Å². The highest BCUT2D eigenvalue weighted by Gasteiger charge is 2.69. The number of fused-ring (bicyclic) bond motifs is 4. The SMILES string of the molecule is CCCN1C(=O)c2[nH]cnc2[N+](CCC)(C23CCC(CO)(CC2)CO3)C1=O. The zero-order valence-electron chi connectivity index (χ0n) is 16.2. The van der Waals surface area contributed by atoms with Gasteiger partial charge in [0.2, 0.25) is 5.72 Å². The van der Waals surface area contributed by atoms with Gasteiger partial charge in [-0.3, -0.25) is 4.79 Å². The summed E-state index contributed by atoms with van der Waals surface area (Å²) < 4.78 is 6.37. The molecule has 1 aromatic rings. The van der Waals surface area contributed by atoms with Crippen LogP contribution in [0.2, 0.25) is 0 Å². The molecule has 8 nitrogen and oxygen atoms in total. The standard InChI is InChI=1S/C19H28N4O4/c1-3-9-22-16(25)14-15(21-13-20-14)23(10-4-2,17(22)26)19-7-5-18(11-24,6-8-19)12-27-19/h13,24H,3-12H2,1-2H3/p+1. The van der Waals surface area contributed by atoms with E-state index in [0.717, 1.165) is 19.3 Å². The van der Waals surface area contributed by atoms with E-state index in [9.17, 15) is 14.7 Å². The van der Waals surface area contributed by atoms with Gasteiger partial charge in [-0.15, -0.1) is 0 Å². The molecule has 0 radical (unpaired) electrons. The number of nitrogens with one attached hydrogen (secondary N) is 1. The van der Waals surface area contributed by atoms with Gasteiger partial charge < -0.3 is 14.8 Å². The van der Waals surface area contributed by atoms with Crippen molar-refractivity contribution in [2.75, 3.05) is 26.3 Å². The molecule has 148 valence electrons. The van der Waals surface area contributed by atoms with E-state index >= 15 is 0 Å². The first-order valence-corrected chi connectivity index (χ1v) is 10.0. The molecule has 1 unspecified atom stereocenters. The van der Waals surface area contributed by atoms with Crippen LogP contribution >= 0.6 is 0 Å². The van der Waals surface area contributed by atoms with Crippen LogP contribution in [-0.2, 0) is 4.74 Å². The second kappa shape index (κ2) is 6.39. The minimum Gasteiger partial charge on any atom is -0.396 e. The molecule has 4 aliphatic rings. The summed E-state index contributed by atoms with van der Waals surface area (Å²) in [6, 6.07) is -0.221. The number of quaternary nitrogens is 1. The zero-order chi connectivity index (χ0) is 19.3. The number of aromatic amines is 1. The van der Waals surface area contributed by atoms with Gasteiger partial charge in [-0.1, -0.05) is 13.8 Å². The van der Waals surface area contributed by atoms with Crippen molar-refractivity contribution in [2.45, 2.75) is 58.1 Å². The Morgan fingerprint density at radius 3 is 2.56 bits per heavy atom. The quantitative estimate of drug-likeness (QED) is 0.742. The molecule has 5 rings (SSSR count). The Hall–Kier alpha value is -1.77. The Labute approximate surface area is 159 Å². The van der Waals surface area contributed by atoms with Gasteiger partial charge in [0, 0.05) is 24.8 Å². The lowest BCUT2D eigenvalue weighted by atomic mass is 9.68. The number of H-pyrrole nitrogens is 1. The summed E-state index contributed by atoms with van der Waals surface area (Å²) in [6.07, 6.45) is 5.98. The van der Waals surface area contributed by atoms with Crippen LogP contribution < -0.4 is 4.48 Å². The summed E-state index contributed by atoms with van der Waals surface area (Å²) in [7, 11) is 0. The van der Waals surface area contributed by atoms with Gasteiger partial charge in [-0.25, -0.2) is 9.69 Å². The molecule has 0 aromatic carbocycles. The predicted molar refractivity (Wildman–Crippen MR) is 98.9 cm³/mol. The van der Waals surface area contributed by atoms with Crippen LogP contribution in [0.25, 0.3) is 0 Å². The summed E-state index contributed by atoms with van der Waals surface area (Å²) in [6.45, 7) is 5.48. The third-order valence-corrected chi connectivity index (χ3v) is 6.77. The number of hydrogen-bond donors (Lipinski definition) is 2. The molecule has 4 heterocycles. The number of rotatable bonds is 6. The number of aliphatic hydroxyl groups excluding tert-OH is 1. The van der Waals surface area contributed by atoms with E-state index in [0.29, 0.717) is 50.5 Å². The minimum atomic E-state index is -0.722. The molecule has 3 fully saturated rings. The molecule has 0 spiro atoms. The molecule has 1 saturated carbocycles. The van der Waals surface area contributed by atoms with E-state index in [1.807, 2.05) is 13.8 Å². The van der Waals surface area contributed by atoms with E-state index < -0.39 is 5.72 Å². The van der Waals surface area contributed by atoms with Gasteiger partial charge in [0.15, 0.2) is 5.69 Å². The first-order valence-electron chi connectivity index (χ1n) is 10.0. The number of carbonyl (C=O) groups is 2. The van der Waals surface area contributed by atoms with E-state index in [1.165, 1.54) is 11.2 Å². The van der Waals surface area contributed by atoms with Crippen molar-refractivity contribution in [1.29, 1.82) is 0 Å². The van der Waals surface area contributed by atoms with Crippen LogP contribution in [0.3, 0.4) is 0 Å². The molecule has 2 saturated heterocycles. The number of ether oxygens (including phenoxy) is 1. The van der Waals surface area contributed by atoms with Crippen molar-refractivity contribution >= 4 is 17.8 Å². The number of urea groups is 1. The highest BCUT2D eigenvalue weighted by atomic mass is 16.5. The Kier molecular flexibility index (Phi) is 4.40. The number of amides is 3. The fourth-order valence-electron chi connectivity index (χ4n) is 5.22. The number of aromatic nitrogens is 2. The lowest BCUT2D eigenvalue weighted by Gasteiger charge is -2.59. The zero-order valence-corrected chi connectivity index (χ0v) is 16.2. The highest BCUT2D eigenvalue weighted by Crippen LogP contribution is 2.55. The van der Waals surface area contributed by atoms with Gasteiger partial charge in [-0.05, 0) is 25.7 Å². The maximum atomic E-state index is 13.8. The topological polar surface area (TPSA) is 95.5 Å². The monoisotopic (exact) mass is 377 g/mol. The fourth-order valence-corrected chi connectivity index (χ4v) is 5.22. The van der Waals surface area contributed by atoms with E-state index in [1.54, 1.807) is 0 Å². The normalized spacial score (nSPS) is 35.6. The van der Waals surface area contributed by atoms with Gasteiger partial charge in [0.1, 0.15) is 0 Å². The van der Waals surface area contributed by atoms with Crippen molar-refractivity contribution in [1.82, 2.24) is 19.4 Å². The second-order valence-corrected chi connectivity index (χ2v) is 8.27. The maximum absolute atomic E-state index is 13.8. The Morgan fingerprint density at radius 2 is 2.00 bits per heavy atom. The molecule has 2 N–H and O–H groups in total. The van der Waals surface area contributed by atoms with Crippen LogP contribution in [0.5, 0.6) is 0 Å². The summed E-state index contributed by atoms with van der Waals surface area (Å²) in [4.78, 5) is 35.5. The molecule has 1 aromatic heterocycles. The van der Waals surface area contributed by atoms with Crippen molar-refractivity contribution in [3.63, 3.8) is 0 Å². The number of aliphatic hydroxyl groups is 1. The molecule has 1 atom stereocenters. The molecule has 2 bridgehead atoms. The predicted octanol–water partition coefficient (Wildman–Crippen LogP) is 2.39. The lowest BCUT2D eigenvalue weighted by molar-refractivity contribution is -0.244. The molecule has 1 aliphatic carbocycles. The number of carbonyl (C=O) groups excluding carboxylic acids is 2. The van der Waals surface area contributed by atoms with Crippen molar-refractivity contribution < 1.29 is 19.4 Å². The molecule has 27 heavy (non-hydrogen) atoms. The fraction of sp³-hybridized carbons (Fsp3) is 0.737. The lowest BCUT2D eigenvalue weighted by Crippen LogP contribution is -2.78. The number of imidazole rings is 1. The number of imide groups is 1. The van der Waals surface area contributed by atoms with Crippen LogP contribution in [-0.4, -0.2) is 63.9 Å². The molecule has 8 heteroatoms. The largest absolute Gasteiger partial charge is 0.435 e. The van der Waals surface area contributed by atoms with Crippen LogP contribution in [0.4, 0.5) is 10.6 Å². The van der Waals surface area contributed by atoms with Crippen molar-refractivity contribution in [3.05, 3.63) is 12.0 Å². The van der Waals surface area contributed by atoms with Gasteiger partial charge in [-0.2, -0.15) is 9.47 Å². The third kappa shape index (κ3) is 2.30. The Morgan fingerprint density at radius 1 is 1.26 bits per heavy atom. The highest BCUT2D eigenvalue weighted by molar-refractivity contribution is 6.13. The average Bonchev–Trinajstić information content (AvgIpc) is 3.20. The first kappa shape index (κ1) is 18.6. The van der Waals surface area contributed by atoms with Crippen LogP contribution in [0.1, 0.15) is 62.9 Å². The number of nitrogens with zero attached hydrogens (tertiary/aromatic N) is 3. The maximum Gasteiger partial charge on any atom is 0.435 e. The van der Waals surface area contributed by atoms with Gasteiger partial charge >= 0.3 is 6.03 Å². The van der Waals surface area contributed by atoms with E-state index in [2.05, 4.69) is 9.97 Å². The van der Waals surface area contributed by atoms with Crippen LogP contribution in [0.15, 0.2) is 6.33 Å². The molecular weight excluding hydrogens is 348 g/mol. The van der Waals surface area contributed by atoms with Crippen molar-refractivity contribution in [3.8, 4) is 0 Å². The van der Waals surface area contributed by atoms with E-state index in [4.69, 9.17) is 4.74 Å². The minimum absolute atomic E-state index is 0.0460. The smallest absolute Gasteiger partial charge is 0.396 e.